The molecule has 1 aliphatic rings. The molecule has 2 rings (SSSR count). The van der Waals surface area contributed by atoms with Gasteiger partial charge in [-0.25, -0.2) is 9.18 Å². The zero-order chi connectivity index (χ0) is 15.2. The highest BCUT2D eigenvalue weighted by Gasteiger charge is 2.17. The van der Waals surface area contributed by atoms with E-state index in [1.165, 1.54) is 38.2 Å². The number of hydrogen-bond donors (Lipinski definition) is 2. The first-order valence-electron chi connectivity index (χ1n) is 7.39. The second-order valence-electron chi connectivity index (χ2n) is 5.59. The van der Waals surface area contributed by atoms with Gasteiger partial charge in [-0.15, -0.1) is 0 Å². The molecule has 1 saturated carbocycles. The Labute approximate surface area is 123 Å². The highest BCUT2D eigenvalue weighted by Crippen LogP contribution is 2.27. The molecule has 0 radical (unpaired) electrons. The van der Waals surface area contributed by atoms with E-state index in [0.29, 0.717) is 12.3 Å². The summed E-state index contributed by atoms with van der Waals surface area (Å²) in [5, 5.41) is 11.6. The van der Waals surface area contributed by atoms with Gasteiger partial charge in [0, 0.05) is 6.42 Å². The van der Waals surface area contributed by atoms with Gasteiger partial charge in [-0.1, -0.05) is 32.1 Å². The van der Waals surface area contributed by atoms with E-state index in [1.54, 1.807) is 0 Å². The lowest BCUT2D eigenvalue weighted by atomic mass is 9.86. The molecule has 0 atom stereocenters. The van der Waals surface area contributed by atoms with E-state index < -0.39 is 11.8 Å². The fraction of sp³-hybridized carbons (Fsp3) is 0.500. The molecule has 0 spiro atoms. The average Bonchev–Trinajstić information content (AvgIpc) is 2.48. The van der Waals surface area contributed by atoms with Crippen LogP contribution in [0.4, 0.5) is 10.1 Å². The number of carboxylic acids is 1. The predicted octanol–water partition coefficient (Wildman–Crippen LogP) is 3.82. The number of carbonyl (C=O) groups is 2. The number of aromatic carboxylic acids is 1. The third-order valence-electron chi connectivity index (χ3n) is 3.99. The van der Waals surface area contributed by atoms with Gasteiger partial charge in [-0.3, -0.25) is 4.79 Å². The van der Waals surface area contributed by atoms with Gasteiger partial charge in [-0.05, 0) is 30.5 Å². The maximum Gasteiger partial charge on any atom is 0.337 e. The van der Waals surface area contributed by atoms with Crippen LogP contribution in [-0.4, -0.2) is 17.0 Å². The molecule has 0 bridgehead atoms. The van der Waals surface area contributed by atoms with Crippen LogP contribution in [0.25, 0.3) is 0 Å². The van der Waals surface area contributed by atoms with Crippen molar-refractivity contribution in [2.75, 3.05) is 5.32 Å². The molecule has 0 saturated heterocycles. The Kier molecular flexibility index (Phi) is 5.31. The average molecular weight is 293 g/mol. The van der Waals surface area contributed by atoms with Crippen LogP contribution in [0.3, 0.4) is 0 Å². The summed E-state index contributed by atoms with van der Waals surface area (Å²) in [6.45, 7) is 0. The van der Waals surface area contributed by atoms with E-state index in [0.717, 1.165) is 18.6 Å². The van der Waals surface area contributed by atoms with Crippen LogP contribution in [0.15, 0.2) is 18.2 Å². The second kappa shape index (κ2) is 7.20. The molecule has 1 fully saturated rings. The van der Waals surface area contributed by atoms with Crippen LogP contribution in [0.1, 0.15) is 55.3 Å². The molecule has 0 heterocycles. The van der Waals surface area contributed by atoms with Gasteiger partial charge in [0.05, 0.1) is 11.3 Å². The van der Waals surface area contributed by atoms with Crippen LogP contribution in [0, 0.1) is 11.7 Å². The quantitative estimate of drug-likeness (QED) is 0.867. The molecule has 1 aromatic rings. The number of anilines is 1. The summed E-state index contributed by atoms with van der Waals surface area (Å²) in [6.07, 6.45) is 7.28. The van der Waals surface area contributed by atoms with Crippen molar-refractivity contribution in [3.05, 3.63) is 29.6 Å². The molecule has 1 aromatic carbocycles. The zero-order valence-corrected chi connectivity index (χ0v) is 11.9. The molecule has 0 unspecified atom stereocenters. The van der Waals surface area contributed by atoms with Gasteiger partial charge in [0.2, 0.25) is 5.91 Å². The normalized spacial score (nSPS) is 15.7. The summed E-state index contributed by atoms with van der Waals surface area (Å²) >= 11 is 0. The van der Waals surface area contributed by atoms with Gasteiger partial charge in [0.1, 0.15) is 5.82 Å². The van der Waals surface area contributed by atoms with E-state index in [2.05, 4.69) is 5.32 Å². The maximum atomic E-state index is 13.1. The molecular formula is C16H20FNO3. The highest BCUT2D eigenvalue weighted by atomic mass is 19.1. The number of rotatable bonds is 5. The number of benzene rings is 1. The van der Waals surface area contributed by atoms with Crippen LogP contribution < -0.4 is 5.32 Å². The molecule has 21 heavy (non-hydrogen) atoms. The fourth-order valence-electron chi connectivity index (χ4n) is 2.83. The SMILES string of the molecule is O=C(CCC1CCCCC1)Nc1ccc(F)cc1C(=O)O. The van der Waals surface area contributed by atoms with E-state index in [9.17, 15) is 14.0 Å². The Morgan fingerprint density at radius 2 is 1.95 bits per heavy atom. The summed E-state index contributed by atoms with van der Waals surface area (Å²) in [4.78, 5) is 23.0. The van der Waals surface area contributed by atoms with E-state index in [1.807, 2.05) is 0 Å². The summed E-state index contributed by atoms with van der Waals surface area (Å²) in [5.41, 5.74) is -0.0708. The standard InChI is InChI=1S/C16H20FNO3/c17-12-7-8-14(13(10-12)16(20)21)18-15(19)9-6-11-4-2-1-3-5-11/h7-8,10-11H,1-6,9H2,(H,18,19)(H,20,21). The smallest absolute Gasteiger partial charge is 0.337 e. The van der Waals surface area contributed by atoms with Gasteiger partial charge in [0.25, 0.3) is 0 Å². The van der Waals surface area contributed by atoms with E-state index in [-0.39, 0.29) is 17.2 Å². The van der Waals surface area contributed by atoms with Crippen LogP contribution in [-0.2, 0) is 4.79 Å². The third-order valence-corrected chi connectivity index (χ3v) is 3.99. The van der Waals surface area contributed by atoms with Crippen LogP contribution in [0.5, 0.6) is 0 Å². The van der Waals surface area contributed by atoms with E-state index >= 15 is 0 Å². The molecular weight excluding hydrogens is 273 g/mol. The molecule has 1 amide bonds. The number of carboxylic acid groups (broad SMARTS) is 1. The summed E-state index contributed by atoms with van der Waals surface area (Å²) in [6, 6.07) is 3.35. The Bertz CT molecular complexity index is 524. The summed E-state index contributed by atoms with van der Waals surface area (Å²) < 4.78 is 13.1. The number of hydrogen-bond acceptors (Lipinski definition) is 2. The first-order valence-corrected chi connectivity index (χ1v) is 7.39. The van der Waals surface area contributed by atoms with Crippen molar-refractivity contribution in [1.29, 1.82) is 0 Å². The molecule has 2 N–H and O–H groups in total. The Morgan fingerprint density at radius 3 is 2.62 bits per heavy atom. The van der Waals surface area contributed by atoms with Crippen molar-refractivity contribution in [2.24, 2.45) is 5.92 Å². The summed E-state index contributed by atoms with van der Waals surface area (Å²) in [5.74, 6) is -1.50. The van der Waals surface area contributed by atoms with Crippen molar-refractivity contribution in [3.63, 3.8) is 0 Å². The number of amides is 1. The van der Waals surface area contributed by atoms with Crippen LogP contribution in [0.2, 0.25) is 0 Å². The number of halogens is 1. The minimum absolute atomic E-state index is 0.151. The zero-order valence-electron chi connectivity index (χ0n) is 11.9. The number of nitrogens with one attached hydrogen (secondary N) is 1. The molecule has 5 heteroatoms. The third kappa shape index (κ3) is 4.55. The topological polar surface area (TPSA) is 66.4 Å². The lowest BCUT2D eigenvalue weighted by Crippen LogP contribution is -2.16. The Hall–Kier alpha value is -1.91. The van der Waals surface area contributed by atoms with E-state index in [4.69, 9.17) is 5.11 Å². The lowest BCUT2D eigenvalue weighted by Gasteiger charge is -2.21. The van der Waals surface area contributed by atoms with Gasteiger partial charge in [0.15, 0.2) is 0 Å². The van der Waals surface area contributed by atoms with Crippen molar-refractivity contribution >= 4 is 17.6 Å². The lowest BCUT2D eigenvalue weighted by molar-refractivity contribution is -0.116. The first-order chi connectivity index (χ1) is 10.1. The summed E-state index contributed by atoms with van der Waals surface area (Å²) in [7, 11) is 0. The molecule has 0 aromatic heterocycles. The molecule has 4 nitrogen and oxygen atoms in total. The van der Waals surface area contributed by atoms with Crippen molar-refractivity contribution < 1.29 is 19.1 Å². The minimum Gasteiger partial charge on any atom is -0.478 e. The largest absolute Gasteiger partial charge is 0.478 e. The monoisotopic (exact) mass is 293 g/mol. The highest BCUT2D eigenvalue weighted by molar-refractivity contribution is 6.00. The number of carbonyl (C=O) groups excluding carboxylic acids is 1. The second-order valence-corrected chi connectivity index (χ2v) is 5.59. The first kappa shape index (κ1) is 15.5. The molecule has 1 aliphatic carbocycles. The predicted molar refractivity (Wildman–Crippen MR) is 77.8 cm³/mol. The van der Waals surface area contributed by atoms with Crippen molar-refractivity contribution in [2.45, 2.75) is 44.9 Å². The van der Waals surface area contributed by atoms with Crippen LogP contribution >= 0.6 is 0 Å². The van der Waals surface area contributed by atoms with Crippen molar-refractivity contribution in [1.82, 2.24) is 0 Å². The van der Waals surface area contributed by atoms with Gasteiger partial charge < -0.3 is 10.4 Å². The van der Waals surface area contributed by atoms with Gasteiger partial charge in [-0.2, -0.15) is 0 Å². The van der Waals surface area contributed by atoms with Gasteiger partial charge >= 0.3 is 5.97 Å². The fourth-order valence-corrected chi connectivity index (χ4v) is 2.83. The molecule has 0 aliphatic heterocycles. The maximum absolute atomic E-state index is 13.1. The molecule has 114 valence electrons. The Balaban J connectivity index is 1.91. The van der Waals surface area contributed by atoms with Crippen molar-refractivity contribution in [3.8, 4) is 0 Å². The minimum atomic E-state index is -1.25. The Morgan fingerprint density at radius 1 is 1.24 bits per heavy atom.